The van der Waals surface area contributed by atoms with Crippen molar-refractivity contribution in [2.75, 3.05) is 0 Å². The summed E-state index contributed by atoms with van der Waals surface area (Å²) in [5, 5.41) is 0. The lowest BCUT2D eigenvalue weighted by Gasteiger charge is -2.37. The summed E-state index contributed by atoms with van der Waals surface area (Å²) in [6, 6.07) is 71.8. The lowest BCUT2D eigenvalue weighted by Crippen LogP contribution is -2.58. The molecule has 10 nitrogen and oxygen atoms in total. The maximum Gasteiger partial charge on any atom is 0.260 e. The summed E-state index contributed by atoms with van der Waals surface area (Å²) in [6.45, 7) is -0.450. The number of rotatable bonds is 3. The van der Waals surface area contributed by atoms with Gasteiger partial charge < -0.3 is 18.9 Å². The van der Waals surface area contributed by atoms with E-state index in [2.05, 4.69) is 200 Å². The van der Waals surface area contributed by atoms with E-state index in [9.17, 15) is 0 Å². The van der Waals surface area contributed by atoms with Crippen LogP contribution in [0.2, 0.25) is 0 Å². The zero-order valence-electron chi connectivity index (χ0n) is 39.1. The van der Waals surface area contributed by atoms with E-state index in [0.717, 1.165) is 134 Å². The van der Waals surface area contributed by atoms with Gasteiger partial charge in [0.05, 0.1) is 66.6 Å². The summed E-state index contributed by atoms with van der Waals surface area (Å²) in [6.07, 6.45) is 0. The predicted molar refractivity (Wildman–Crippen MR) is 293 cm³/mol. The SMILES string of the molecule is c1ccc2c(c1)Oc1cc(-n3c4ccccc4n4c5ccccc5nc34)c(-c3c(-n4c5ccccc5n5c6ccccc6nc45)cc4c5c3Oc3ccccc3B5c3ccccc3O4)c3c1B2c1ccccc1O3. The molecule has 0 bridgehead atoms. The second kappa shape index (κ2) is 13.9. The Morgan fingerprint density at radius 3 is 1.04 bits per heavy atom. The van der Waals surface area contributed by atoms with Crippen molar-refractivity contribution < 1.29 is 18.9 Å². The molecule has 10 aromatic carbocycles. The number of fused-ring (bicyclic) bond motifs is 18. The Labute approximate surface area is 421 Å². The number of aromatic nitrogens is 6. The number of ether oxygens (including phenoxy) is 4. The smallest absolute Gasteiger partial charge is 0.260 e. The van der Waals surface area contributed by atoms with Crippen molar-refractivity contribution in [1.29, 1.82) is 0 Å². The second-order valence-corrected chi connectivity index (χ2v) is 19.6. The van der Waals surface area contributed by atoms with E-state index in [4.69, 9.17) is 28.9 Å². The highest BCUT2D eigenvalue weighted by atomic mass is 16.5. The van der Waals surface area contributed by atoms with Gasteiger partial charge in [0, 0.05) is 23.1 Å². The molecule has 0 N–H and O–H groups in total. The average molecular weight is 949 g/mol. The molecule has 0 atom stereocenters. The molecule has 0 saturated carbocycles. The van der Waals surface area contributed by atoms with Gasteiger partial charge in [-0.1, -0.05) is 121 Å². The monoisotopic (exact) mass is 948 g/mol. The summed E-state index contributed by atoms with van der Waals surface area (Å²) in [7, 11) is 0. The van der Waals surface area contributed by atoms with Crippen LogP contribution in [0.4, 0.5) is 0 Å². The third kappa shape index (κ3) is 4.87. The molecule has 0 unspecified atom stereocenters. The Bertz CT molecular complexity index is 4530. The predicted octanol–water partition coefficient (Wildman–Crippen LogP) is 10.3. The summed E-state index contributed by atoms with van der Waals surface area (Å²) in [5.74, 6) is 7.35. The van der Waals surface area contributed by atoms with Gasteiger partial charge in [0.2, 0.25) is 11.6 Å². The normalized spacial score (nSPS) is 13.5. The standard InChI is InChI=1S/C62H34B2N6O4/c1-13-29-49-35(17-1)63-37-19-3-15-31-51(37)73-59-55(47(33-53(71-49)57(59)63)69-45-27-11-9-25-43(45)67-41-23-7-5-21-39(41)65-61(67)69)56-48(70-46-28-12-10-26-44(46)68-42-24-8-6-22-40(42)66-62(68)70)34-54-58-60(56)74-52-32-16-4-20-38(52)64(58)36-18-2-14-30-50(36)72-54/h1-34H. The maximum absolute atomic E-state index is 7.62. The van der Waals surface area contributed by atoms with Crippen LogP contribution in [0.15, 0.2) is 206 Å². The lowest BCUT2D eigenvalue weighted by molar-refractivity contribution is 0.460. The van der Waals surface area contributed by atoms with Crippen molar-refractivity contribution in [3.8, 4) is 68.5 Å². The van der Waals surface area contributed by atoms with E-state index in [1.54, 1.807) is 0 Å². The number of benzene rings is 10. The van der Waals surface area contributed by atoms with Crippen molar-refractivity contribution in [2.45, 2.75) is 0 Å². The van der Waals surface area contributed by atoms with Gasteiger partial charge in [0.15, 0.2) is 0 Å². The molecule has 14 aromatic rings. The van der Waals surface area contributed by atoms with Crippen molar-refractivity contribution in [2.24, 2.45) is 0 Å². The third-order valence-electron chi connectivity index (χ3n) is 15.8. The van der Waals surface area contributed by atoms with Gasteiger partial charge in [0.25, 0.3) is 13.4 Å². The minimum atomic E-state index is -0.225. The minimum Gasteiger partial charge on any atom is -0.458 e. The molecule has 0 saturated heterocycles. The molecular formula is C62H34B2N6O4. The lowest BCUT2D eigenvalue weighted by atomic mass is 9.34. The fourth-order valence-corrected chi connectivity index (χ4v) is 12.9. The number of hydrogen-bond donors (Lipinski definition) is 0. The molecule has 0 radical (unpaired) electrons. The molecule has 4 aromatic heterocycles. The van der Waals surface area contributed by atoms with Gasteiger partial charge in [-0.25, -0.2) is 9.97 Å². The van der Waals surface area contributed by atoms with Gasteiger partial charge in [-0.15, -0.1) is 0 Å². The highest BCUT2D eigenvalue weighted by Crippen LogP contribution is 2.53. The van der Waals surface area contributed by atoms with Crippen LogP contribution in [-0.4, -0.2) is 41.3 Å². The molecule has 0 aliphatic carbocycles. The van der Waals surface area contributed by atoms with Crippen LogP contribution in [0, 0.1) is 0 Å². The van der Waals surface area contributed by atoms with Gasteiger partial charge in [-0.2, -0.15) is 0 Å². The van der Waals surface area contributed by atoms with Crippen LogP contribution in [-0.2, 0) is 0 Å². The molecule has 8 heterocycles. The molecule has 0 amide bonds. The molecule has 4 aliphatic rings. The van der Waals surface area contributed by atoms with Gasteiger partial charge in [0.1, 0.15) is 46.0 Å². The van der Waals surface area contributed by atoms with Gasteiger partial charge >= 0.3 is 0 Å². The molecule has 0 fully saturated rings. The highest BCUT2D eigenvalue weighted by Gasteiger charge is 2.47. The average Bonchev–Trinajstić information content (AvgIpc) is 4.20. The Balaban J connectivity index is 1.08. The van der Waals surface area contributed by atoms with E-state index in [1.807, 2.05) is 24.3 Å². The molecule has 4 aliphatic heterocycles. The molecule has 12 heteroatoms. The Morgan fingerprint density at radius 1 is 0.311 bits per heavy atom. The van der Waals surface area contributed by atoms with Crippen molar-refractivity contribution in [3.63, 3.8) is 0 Å². The van der Waals surface area contributed by atoms with Crippen LogP contribution in [0.3, 0.4) is 0 Å². The molecular weight excluding hydrogens is 914 g/mol. The molecule has 342 valence electrons. The first-order valence-corrected chi connectivity index (χ1v) is 25.0. The zero-order chi connectivity index (χ0) is 47.9. The Kier molecular flexibility index (Phi) is 7.30. The van der Waals surface area contributed by atoms with E-state index in [0.29, 0.717) is 23.0 Å². The van der Waals surface area contributed by atoms with E-state index < -0.39 is 0 Å². The van der Waals surface area contributed by atoms with Crippen molar-refractivity contribution in [1.82, 2.24) is 27.9 Å². The topological polar surface area (TPSA) is 81.4 Å². The Morgan fingerprint density at radius 2 is 0.635 bits per heavy atom. The van der Waals surface area contributed by atoms with E-state index >= 15 is 0 Å². The van der Waals surface area contributed by atoms with Crippen molar-refractivity contribution >= 4 is 102 Å². The minimum absolute atomic E-state index is 0.225. The largest absolute Gasteiger partial charge is 0.458 e. The van der Waals surface area contributed by atoms with Gasteiger partial charge in [-0.3, -0.25) is 17.9 Å². The number of imidazole rings is 4. The highest BCUT2D eigenvalue weighted by molar-refractivity contribution is 6.99. The first-order valence-electron chi connectivity index (χ1n) is 25.0. The Hall–Kier alpha value is -9.93. The molecule has 18 rings (SSSR count). The van der Waals surface area contributed by atoms with Crippen LogP contribution >= 0.6 is 0 Å². The fourth-order valence-electron chi connectivity index (χ4n) is 12.9. The first kappa shape index (κ1) is 38.8. The van der Waals surface area contributed by atoms with Crippen LogP contribution in [0.1, 0.15) is 0 Å². The van der Waals surface area contributed by atoms with E-state index in [1.165, 1.54) is 0 Å². The van der Waals surface area contributed by atoms with Gasteiger partial charge in [-0.05, 0) is 94.6 Å². The quantitative estimate of drug-likeness (QED) is 0.164. The van der Waals surface area contributed by atoms with Crippen LogP contribution < -0.4 is 51.7 Å². The molecule has 0 spiro atoms. The number of nitrogens with zero attached hydrogens (tertiary/aromatic N) is 6. The summed E-state index contributed by atoms with van der Waals surface area (Å²) in [4.78, 5) is 11.0. The third-order valence-corrected chi connectivity index (χ3v) is 15.8. The zero-order valence-corrected chi connectivity index (χ0v) is 39.1. The van der Waals surface area contributed by atoms with Crippen molar-refractivity contribution in [3.05, 3.63) is 206 Å². The van der Waals surface area contributed by atoms with E-state index in [-0.39, 0.29) is 13.4 Å². The number of hydrogen-bond acceptors (Lipinski definition) is 6. The summed E-state index contributed by atoms with van der Waals surface area (Å²) >= 11 is 0. The van der Waals surface area contributed by atoms with Crippen LogP contribution in [0.25, 0.3) is 78.2 Å². The summed E-state index contributed by atoms with van der Waals surface area (Å²) in [5.41, 5.74) is 17.0. The maximum atomic E-state index is 7.62. The van der Waals surface area contributed by atoms with Crippen LogP contribution in [0.5, 0.6) is 46.0 Å². The first-order chi connectivity index (χ1) is 36.7. The number of para-hydroxylation sites is 12. The second-order valence-electron chi connectivity index (χ2n) is 19.6. The summed E-state index contributed by atoms with van der Waals surface area (Å²) < 4.78 is 38.7. The fraction of sp³-hybridized carbons (Fsp3) is 0. The molecule has 74 heavy (non-hydrogen) atoms.